The summed E-state index contributed by atoms with van der Waals surface area (Å²) in [7, 11) is -0.137. The number of hydrogen-bond donors (Lipinski definition) is 2. The van der Waals surface area contributed by atoms with E-state index in [1.807, 2.05) is 11.9 Å². The number of likely N-dealkylation sites (tertiary alicyclic amines) is 1. The van der Waals surface area contributed by atoms with E-state index in [1.165, 1.54) is 35.5 Å². The lowest BCUT2D eigenvalue weighted by atomic mass is 10.0. The number of nitrogens with zero attached hydrogens (tertiary/aromatic N) is 4. The van der Waals surface area contributed by atoms with Gasteiger partial charge in [-0.05, 0) is 37.7 Å². The number of ether oxygens (including phenoxy) is 1. The number of alkyl halides is 4. The number of methoxy groups -OCH3 is 1. The number of benzene rings is 2. The van der Waals surface area contributed by atoms with Gasteiger partial charge in [-0.15, -0.1) is 10.2 Å². The molecule has 0 spiro atoms. The summed E-state index contributed by atoms with van der Waals surface area (Å²) in [5.74, 6) is 0.324. The summed E-state index contributed by atoms with van der Waals surface area (Å²) in [6.07, 6.45) is -3.59. The highest BCUT2D eigenvalue weighted by Crippen LogP contribution is 2.46. The van der Waals surface area contributed by atoms with Crippen molar-refractivity contribution in [3.8, 4) is 5.75 Å². The minimum atomic E-state index is -4.45. The number of anilines is 3. The largest absolute Gasteiger partial charge is 0.495 e. The predicted octanol–water partition coefficient (Wildman–Crippen LogP) is 4.68. The van der Waals surface area contributed by atoms with E-state index in [0.717, 1.165) is 12.8 Å². The molecule has 0 radical (unpaired) electrons. The van der Waals surface area contributed by atoms with Gasteiger partial charge in [-0.2, -0.15) is 13.2 Å². The van der Waals surface area contributed by atoms with E-state index in [1.54, 1.807) is 24.3 Å². The second-order valence-electron chi connectivity index (χ2n) is 10.6. The summed E-state index contributed by atoms with van der Waals surface area (Å²) in [5.41, 5.74) is 2.31. The monoisotopic (exact) mass is 628 g/mol. The maximum absolute atomic E-state index is 14.8. The van der Waals surface area contributed by atoms with Crippen LogP contribution in [-0.4, -0.2) is 82.0 Å². The molecule has 228 valence electrons. The summed E-state index contributed by atoms with van der Waals surface area (Å²) in [4.78, 5) is 3.33. The highest BCUT2D eigenvalue weighted by Gasteiger charge is 2.41. The highest BCUT2D eigenvalue weighted by molar-refractivity contribution is 7.90. The summed E-state index contributed by atoms with van der Waals surface area (Å²) < 4.78 is 85.1. The van der Waals surface area contributed by atoms with Gasteiger partial charge in [0.25, 0.3) is 0 Å². The Kier molecular flexibility index (Phi) is 8.54. The van der Waals surface area contributed by atoms with Crippen molar-refractivity contribution >= 4 is 38.2 Å². The fourth-order valence-corrected chi connectivity index (χ4v) is 6.92. The molecule has 2 aliphatic rings. The van der Waals surface area contributed by atoms with Gasteiger partial charge in [-0.25, -0.2) is 12.8 Å². The third kappa shape index (κ3) is 6.73. The molecule has 2 N–H and O–H groups in total. The van der Waals surface area contributed by atoms with E-state index in [9.17, 15) is 26.0 Å². The maximum Gasteiger partial charge on any atom is 0.405 e. The average Bonchev–Trinajstić information content (AvgIpc) is 3.53. The van der Waals surface area contributed by atoms with Gasteiger partial charge in [0.05, 0.1) is 36.3 Å². The van der Waals surface area contributed by atoms with Crippen LogP contribution in [0.3, 0.4) is 0 Å². The van der Waals surface area contributed by atoms with Gasteiger partial charge in [0, 0.05) is 48.8 Å². The van der Waals surface area contributed by atoms with Crippen LogP contribution >= 0.6 is 11.3 Å². The van der Waals surface area contributed by atoms with Gasteiger partial charge in [-0.3, -0.25) is 0 Å². The summed E-state index contributed by atoms with van der Waals surface area (Å²) >= 11 is 1.20. The zero-order valence-electron chi connectivity index (χ0n) is 23.3. The van der Waals surface area contributed by atoms with E-state index >= 15 is 0 Å². The molecule has 0 saturated carbocycles. The van der Waals surface area contributed by atoms with Crippen molar-refractivity contribution in [2.45, 2.75) is 48.7 Å². The minimum absolute atomic E-state index is 0.111. The van der Waals surface area contributed by atoms with Crippen LogP contribution in [0.15, 0.2) is 41.3 Å². The average molecular weight is 629 g/mol. The van der Waals surface area contributed by atoms with Gasteiger partial charge < -0.3 is 25.2 Å². The quantitative estimate of drug-likeness (QED) is 0.327. The number of nitrogens with one attached hydrogen (secondary N) is 2. The first-order valence-corrected chi connectivity index (χ1v) is 16.0. The smallest absolute Gasteiger partial charge is 0.405 e. The van der Waals surface area contributed by atoms with Crippen molar-refractivity contribution in [2.75, 3.05) is 55.6 Å². The Balaban J connectivity index is 1.36. The Morgan fingerprint density at radius 2 is 1.95 bits per heavy atom. The number of halogens is 4. The molecular formula is C27H32F4N6O3S2. The Morgan fingerprint density at radius 1 is 1.17 bits per heavy atom. The summed E-state index contributed by atoms with van der Waals surface area (Å²) in [6, 6.07) is 8.46. The molecule has 1 saturated heterocycles. The molecule has 3 atom stereocenters. The van der Waals surface area contributed by atoms with Crippen LogP contribution in [0.2, 0.25) is 0 Å². The van der Waals surface area contributed by atoms with Crippen molar-refractivity contribution in [3.05, 3.63) is 52.0 Å². The van der Waals surface area contributed by atoms with Gasteiger partial charge in [0.15, 0.2) is 9.84 Å². The predicted molar refractivity (Wildman–Crippen MR) is 154 cm³/mol. The van der Waals surface area contributed by atoms with Crippen LogP contribution in [-0.2, 0) is 22.8 Å². The molecule has 5 rings (SSSR count). The first-order chi connectivity index (χ1) is 19.8. The molecule has 1 aromatic heterocycles. The van der Waals surface area contributed by atoms with Crippen molar-refractivity contribution in [1.29, 1.82) is 0 Å². The highest BCUT2D eigenvalue weighted by atomic mass is 32.2. The Bertz CT molecular complexity index is 1530. The molecular weight excluding hydrogens is 596 g/mol. The van der Waals surface area contributed by atoms with E-state index in [0.29, 0.717) is 51.4 Å². The molecule has 1 fully saturated rings. The molecule has 2 aromatic carbocycles. The second-order valence-corrected chi connectivity index (χ2v) is 13.7. The molecule has 3 heterocycles. The molecule has 15 heteroatoms. The van der Waals surface area contributed by atoms with Gasteiger partial charge in [0.1, 0.15) is 28.5 Å². The van der Waals surface area contributed by atoms with E-state index < -0.39 is 40.8 Å². The zero-order chi connectivity index (χ0) is 30.2. The van der Waals surface area contributed by atoms with Crippen LogP contribution in [0.25, 0.3) is 0 Å². The number of rotatable bonds is 9. The standard InChI is InChI=1S/C27H32F4N6O3S2/c1-36-10-9-20(18(28)14-36)33-19-5-4-6-22-17(19)12-23(37(22)15-27(29,30)31)26-35-34-25(41-26)13-32-21-8-7-16(42(3,38)39)11-24(21)40-2/h4-8,11,18,20,23,32-33H,9-10,12-15H2,1-3H3/t18-,20+,23?/m1/s1. The summed E-state index contributed by atoms with van der Waals surface area (Å²) in [6.45, 7) is 0.0627. The van der Waals surface area contributed by atoms with Crippen molar-refractivity contribution in [1.82, 2.24) is 15.1 Å². The Hall–Kier alpha value is -3.17. The molecule has 0 aliphatic carbocycles. The van der Waals surface area contributed by atoms with Crippen molar-refractivity contribution in [2.24, 2.45) is 0 Å². The molecule has 0 amide bonds. The third-order valence-electron chi connectivity index (χ3n) is 7.47. The SMILES string of the molecule is COc1cc(S(C)(=O)=O)ccc1NCc1nnc(C2Cc3c(N[C@H]4CCN(C)C[C@H]4F)cccc3N2CC(F)(F)F)s1. The van der Waals surface area contributed by atoms with Crippen LogP contribution in [0, 0.1) is 0 Å². The number of fused-ring (bicyclic) bond motifs is 1. The summed E-state index contributed by atoms with van der Waals surface area (Å²) in [5, 5.41) is 15.8. The van der Waals surface area contributed by atoms with Crippen LogP contribution in [0.1, 0.15) is 28.0 Å². The Labute approximate surface area is 245 Å². The molecule has 42 heavy (non-hydrogen) atoms. The molecule has 0 bridgehead atoms. The van der Waals surface area contributed by atoms with Crippen LogP contribution in [0.5, 0.6) is 5.75 Å². The fourth-order valence-electron chi connectivity index (χ4n) is 5.38. The van der Waals surface area contributed by atoms with E-state index in [2.05, 4.69) is 20.8 Å². The second kappa shape index (κ2) is 11.8. The van der Waals surface area contributed by atoms with Crippen molar-refractivity contribution < 1.29 is 30.7 Å². The van der Waals surface area contributed by atoms with Gasteiger partial charge in [0.2, 0.25) is 0 Å². The Morgan fingerprint density at radius 3 is 2.64 bits per heavy atom. The minimum Gasteiger partial charge on any atom is -0.495 e. The molecule has 9 nitrogen and oxygen atoms in total. The third-order valence-corrected chi connectivity index (χ3v) is 9.60. The normalized spacial score (nSPS) is 21.3. The zero-order valence-corrected chi connectivity index (χ0v) is 24.9. The maximum atomic E-state index is 14.8. The topological polar surface area (TPSA) is 99.7 Å². The lowest BCUT2D eigenvalue weighted by Gasteiger charge is -2.33. The molecule has 3 aromatic rings. The van der Waals surface area contributed by atoms with Crippen molar-refractivity contribution in [3.63, 3.8) is 0 Å². The van der Waals surface area contributed by atoms with Gasteiger partial charge >= 0.3 is 6.18 Å². The lowest BCUT2D eigenvalue weighted by Crippen LogP contribution is -2.46. The first-order valence-electron chi connectivity index (χ1n) is 13.3. The number of aromatic nitrogens is 2. The van der Waals surface area contributed by atoms with E-state index in [-0.39, 0.29) is 17.9 Å². The van der Waals surface area contributed by atoms with Gasteiger partial charge in [-0.1, -0.05) is 17.4 Å². The first kappa shape index (κ1) is 30.3. The van der Waals surface area contributed by atoms with E-state index in [4.69, 9.17) is 4.74 Å². The number of piperidine rings is 1. The fraction of sp³-hybridized carbons (Fsp3) is 0.481. The molecule has 2 aliphatic heterocycles. The van der Waals surface area contributed by atoms with Crippen LogP contribution in [0.4, 0.5) is 34.6 Å². The lowest BCUT2D eigenvalue weighted by molar-refractivity contribution is -0.120. The number of hydrogen-bond acceptors (Lipinski definition) is 10. The molecule has 1 unspecified atom stereocenters. The number of sulfone groups is 1. The van der Waals surface area contributed by atoms with Crippen LogP contribution < -0.4 is 20.3 Å².